The van der Waals surface area contributed by atoms with Crippen LogP contribution in [-0.2, 0) is 18.7 Å². The van der Waals surface area contributed by atoms with Crippen LogP contribution in [0.15, 0.2) is 27.6 Å². The van der Waals surface area contributed by atoms with Gasteiger partial charge in [0.15, 0.2) is 11.6 Å². The normalized spacial score (nSPS) is 11.1. The second kappa shape index (κ2) is 6.72. The molecule has 0 atom stereocenters. The predicted molar refractivity (Wildman–Crippen MR) is 80.9 cm³/mol. The van der Waals surface area contributed by atoms with Gasteiger partial charge in [0, 0.05) is 17.2 Å². The molecule has 0 aliphatic rings. The minimum absolute atomic E-state index is 0.659. The first kappa shape index (κ1) is 15.5. The molecule has 2 aromatic rings. The summed E-state index contributed by atoms with van der Waals surface area (Å²) in [5.74, 6) is -0.971. The molecule has 0 saturated carbocycles. The fraction of sp³-hybridized carbons (Fsp3) is 0.357. The first-order valence-corrected chi connectivity index (χ1v) is 8.16. The van der Waals surface area contributed by atoms with E-state index in [0.717, 1.165) is 34.9 Å². The highest BCUT2D eigenvalue weighted by Gasteiger charge is 2.14. The average Bonchev–Trinajstić information content (AvgIpc) is 2.76. The predicted octanol–water partition coefficient (Wildman–Crippen LogP) is 4.80. The van der Waals surface area contributed by atoms with E-state index in [1.165, 1.54) is 17.8 Å². The third-order valence-electron chi connectivity index (χ3n) is 2.96. The third kappa shape index (κ3) is 3.23. The average molecular weight is 361 g/mol. The maximum absolute atomic E-state index is 13.2. The van der Waals surface area contributed by atoms with Gasteiger partial charge < -0.3 is 0 Å². The largest absolute Gasteiger partial charge is 0.268 e. The van der Waals surface area contributed by atoms with Crippen LogP contribution < -0.4 is 0 Å². The highest BCUT2D eigenvalue weighted by Crippen LogP contribution is 2.30. The SMILES string of the molecule is CCc1nn(CC)c(CSc2ccc(F)c(F)c2)c1Br. The Hall–Kier alpha value is -0.880. The van der Waals surface area contributed by atoms with Crippen LogP contribution in [-0.4, -0.2) is 9.78 Å². The van der Waals surface area contributed by atoms with Crippen molar-refractivity contribution in [3.63, 3.8) is 0 Å². The van der Waals surface area contributed by atoms with E-state index >= 15 is 0 Å². The van der Waals surface area contributed by atoms with Gasteiger partial charge in [-0.1, -0.05) is 6.92 Å². The molecule has 0 bridgehead atoms. The minimum atomic E-state index is -0.817. The Balaban J connectivity index is 2.17. The second-order valence-electron chi connectivity index (χ2n) is 4.24. The number of aromatic nitrogens is 2. The molecule has 0 fully saturated rings. The highest BCUT2D eigenvalue weighted by atomic mass is 79.9. The molecule has 0 amide bonds. The summed E-state index contributed by atoms with van der Waals surface area (Å²) in [6, 6.07) is 3.97. The molecular weight excluding hydrogens is 346 g/mol. The van der Waals surface area contributed by atoms with E-state index in [-0.39, 0.29) is 0 Å². The Labute approximate surface area is 129 Å². The van der Waals surface area contributed by atoms with E-state index < -0.39 is 11.6 Å². The van der Waals surface area contributed by atoms with Crippen LogP contribution >= 0.6 is 27.7 Å². The first-order chi connectivity index (χ1) is 9.56. The zero-order chi connectivity index (χ0) is 14.7. The Kier molecular flexibility index (Phi) is 5.21. The first-order valence-electron chi connectivity index (χ1n) is 6.38. The Morgan fingerprint density at radius 1 is 1.25 bits per heavy atom. The van der Waals surface area contributed by atoms with E-state index in [0.29, 0.717) is 10.6 Å². The van der Waals surface area contributed by atoms with Gasteiger partial charge in [-0.2, -0.15) is 5.10 Å². The molecule has 108 valence electrons. The monoisotopic (exact) mass is 360 g/mol. The van der Waals surface area contributed by atoms with Crippen molar-refractivity contribution < 1.29 is 8.78 Å². The van der Waals surface area contributed by atoms with Crippen molar-refractivity contribution in [2.24, 2.45) is 0 Å². The zero-order valence-corrected chi connectivity index (χ0v) is 13.7. The van der Waals surface area contributed by atoms with E-state index in [1.807, 2.05) is 11.6 Å². The molecule has 2 rings (SSSR count). The molecule has 1 aromatic carbocycles. The molecule has 0 aliphatic carbocycles. The molecule has 0 N–H and O–H groups in total. The number of rotatable bonds is 5. The van der Waals surface area contributed by atoms with Gasteiger partial charge in [-0.25, -0.2) is 8.78 Å². The molecule has 0 saturated heterocycles. The van der Waals surface area contributed by atoms with E-state index in [1.54, 1.807) is 6.07 Å². The maximum atomic E-state index is 13.2. The number of thioether (sulfide) groups is 1. The van der Waals surface area contributed by atoms with E-state index in [4.69, 9.17) is 0 Å². The Morgan fingerprint density at radius 2 is 2.00 bits per heavy atom. The summed E-state index contributed by atoms with van der Waals surface area (Å²) in [7, 11) is 0. The van der Waals surface area contributed by atoms with Crippen LogP contribution in [0.3, 0.4) is 0 Å². The number of hydrogen-bond donors (Lipinski definition) is 0. The lowest BCUT2D eigenvalue weighted by atomic mass is 10.3. The second-order valence-corrected chi connectivity index (χ2v) is 6.08. The van der Waals surface area contributed by atoms with Crippen molar-refractivity contribution in [3.05, 3.63) is 45.7 Å². The summed E-state index contributed by atoms with van der Waals surface area (Å²) in [6.07, 6.45) is 0.858. The van der Waals surface area contributed by atoms with Crippen LogP contribution in [0.5, 0.6) is 0 Å². The molecule has 0 spiro atoms. The summed E-state index contributed by atoms with van der Waals surface area (Å²) < 4.78 is 29.0. The van der Waals surface area contributed by atoms with Gasteiger partial charge in [0.1, 0.15) is 0 Å². The topological polar surface area (TPSA) is 17.8 Å². The lowest BCUT2D eigenvalue weighted by molar-refractivity contribution is 0.506. The number of aryl methyl sites for hydroxylation is 2. The third-order valence-corrected chi connectivity index (χ3v) is 4.88. The maximum Gasteiger partial charge on any atom is 0.159 e. The standard InChI is InChI=1S/C14H15BrF2N2S/c1-3-12-14(15)13(19(4-2)18-12)8-20-9-5-6-10(16)11(17)7-9/h5-7H,3-4,8H2,1-2H3. The fourth-order valence-electron chi connectivity index (χ4n) is 1.87. The van der Waals surface area contributed by atoms with Crippen molar-refractivity contribution in [2.75, 3.05) is 0 Å². The Morgan fingerprint density at radius 3 is 2.60 bits per heavy atom. The molecule has 1 heterocycles. The number of hydrogen-bond acceptors (Lipinski definition) is 2. The van der Waals surface area contributed by atoms with Crippen molar-refractivity contribution in [1.29, 1.82) is 0 Å². The van der Waals surface area contributed by atoms with Gasteiger partial charge in [0.05, 0.1) is 15.9 Å². The summed E-state index contributed by atoms with van der Waals surface area (Å²) in [6.45, 7) is 4.87. The lowest BCUT2D eigenvalue weighted by Gasteiger charge is -2.06. The van der Waals surface area contributed by atoms with E-state index in [2.05, 4.69) is 28.0 Å². The van der Waals surface area contributed by atoms with Crippen LogP contribution in [0.1, 0.15) is 25.2 Å². The number of benzene rings is 1. The smallest absolute Gasteiger partial charge is 0.159 e. The molecular formula is C14H15BrF2N2S. The van der Waals surface area contributed by atoms with Gasteiger partial charge in [-0.15, -0.1) is 11.8 Å². The molecule has 6 heteroatoms. The van der Waals surface area contributed by atoms with Gasteiger partial charge in [0.2, 0.25) is 0 Å². The number of nitrogens with zero attached hydrogens (tertiary/aromatic N) is 2. The van der Waals surface area contributed by atoms with Gasteiger partial charge in [-0.3, -0.25) is 4.68 Å². The Bertz CT molecular complexity index is 613. The van der Waals surface area contributed by atoms with Crippen LogP contribution in [0.25, 0.3) is 0 Å². The van der Waals surface area contributed by atoms with Crippen LogP contribution in [0.2, 0.25) is 0 Å². The van der Waals surface area contributed by atoms with E-state index in [9.17, 15) is 8.78 Å². The molecule has 0 radical (unpaired) electrons. The van der Waals surface area contributed by atoms with Gasteiger partial charge in [-0.05, 0) is 47.5 Å². The minimum Gasteiger partial charge on any atom is -0.268 e. The zero-order valence-electron chi connectivity index (χ0n) is 11.3. The van der Waals surface area contributed by atoms with Crippen molar-refractivity contribution in [2.45, 2.75) is 37.5 Å². The van der Waals surface area contributed by atoms with Crippen molar-refractivity contribution >= 4 is 27.7 Å². The molecule has 2 nitrogen and oxygen atoms in total. The van der Waals surface area contributed by atoms with Crippen LogP contribution in [0, 0.1) is 11.6 Å². The molecule has 1 aromatic heterocycles. The highest BCUT2D eigenvalue weighted by molar-refractivity contribution is 9.10. The summed E-state index contributed by atoms with van der Waals surface area (Å²) >= 11 is 5.04. The van der Waals surface area contributed by atoms with Crippen LogP contribution in [0.4, 0.5) is 8.78 Å². The van der Waals surface area contributed by atoms with Gasteiger partial charge in [0.25, 0.3) is 0 Å². The molecule has 20 heavy (non-hydrogen) atoms. The molecule has 0 aliphatic heterocycles. The van der Waals surface area contributed by atoms with Gasteiger partial charge >= 0.3 is 0 Å². The lowest BCUT2D eigenvalue weighted by Crippen LogP contribution is -2.02. The van der Waals surface area contributed by atoms with Crippen molar-refractivity contribution in [1.82, 2.24) is 9.78 Å². The fourth-order valence-corrected chi connectivity index (χ4v) is 3.71. The summed E-state index contributed by atoms with van der Waals surface area (Å²) in [5, 5.41) is 4.51. The summed E-state index contributed by atoms with van der Waals surface area (Å²) in [4.78, 5) is 0.706. The number of halogens is 3. The quantitative estimate of drug-likeness (QED) is 0.712. The van der Waals surface area contributed by atoms with Crippen molar-refractivity contribution in [3.8, 4) is 0 Å². The summed E-state index contributed by atoms with van der Waals surface area (Å²) in [5.41, 5.74) is 2.09. The molecule has 0 unspecified atom stereocenters.